The largest absolute Gasteiger partial charge is 0.0991 e. The number of rotatable bonds is 13. The van der Waals surface area contributed by atoms with E-state index in [2.05, 4.69) is 31.7 Å². The molecular weight excluding hydrogens is 300 g/mol. The van der Waals surface area contributed by atoms with Crippen molar-refractivity contribution in [1.29, 1.82) is 0 Å². The minimum Gasteiger partial charge on any atom is -0.0991 e. The maximum atomic E-state index is 3.61. The van der Waals surface area contributed by atoms with E-state index < -0.39 is 0 Å². The van der Waals surface area contributed by atoms with Gasteiger partial charge in [0.2, 0.25) is 0 Å². The lowest BCUT2D eigenvalue weighted by Crippen LogP contribution is -1.69. The van der Waals surface area contributed by atoms with Gasteiger partial charge in [-0.1, -0.05) is 142 Å². The van der Waals surface area contributed by atoms with Crippen LogP contribution in [0, 0.1) is 0 Å². The van der Waals surface area contributed by atoms with Crippen LogP contribution in [0.25, 0.3) is 0 Å². The molecule has 0 bridgehead atoms. The second-order valence-electron chi connectivity index (χ2n) is 5.24. The Morgan fingerprint density at radius 2 is 0.840 bits per heavy atom. The van der Waals surface area contributed by atoms with Crippen LogP contribution in [-0.4, -0.2) is 0 Å². The SMILES string of the molecule is C=C/C=C/C=C/C=C/C=C/C=C/C=C/C=C/C=C/C=C/CCCCC. The van der Waals surface area contributed by atoms with E-state index in [1.54, 1.807) is 6.08 Å². The Morgan fingerprint density at radius 3 is 1.20 bits per heavy atom. The molecule has 132 valence electrons. The van der Waals surface area contributed by atoms with Crippen LogP contribution in [0.4, 0.5) is 0 Å². The highest BCUT2D eigenvalue weighted by Gasteiger charge is 1.79. The first kappa shape index (κ1) is 22.4. The van der Waals surface area contributed by atoms with Crippen LogP contribution in [0.15, 0.2) is 122 Å². The van der Waals surface area contributed by atoms with Crippen molar-refractivity contribution in [1.82, 2.24) is 0 Å². The predicted molar refractivity (Wildman–Crippen MR) is 117 cm³/mol. The summed E-state index contributed by atoms with van der Waals surface area (Å²) >= 11 is 0. The van der Waals surface area contributed by atoms with Crippen LogP contribution < -0.4 is 0 Å². The summed E-state index contributed by atoms with van der Waals surface area (Å²) in [5, 5.41) is 0. The summed E-state index contributed by atoms with van der Waals surface area (Å²) in [5.41, 5.74) is 0. The summed E-state index contributed by atoms with van der Waals surface area (Å²) in [4.78, 5) is 0. The molecule has 0 aromatic heterocycles. The van der Waals surface area contributed by atoms with Crippen LogP contribution in [-0.2, 0) is 0 Å². The lowest BCUT2D eigenvalue weighted by atomic mass is 10.2. The molecule has 0 spiro atoms. The maximum absolute atomic E-state index is 3.61. The molecule has 0 amide bonds. The zero-order valence-corrected chi connectivity index (χ0v) is 15.5. The fourth-order valence-electron chi connectivity index (χ4n) is 1.73. The summed E-state index contributed by atoms with van der Waals surface area (Å²) in [5.74, 6) is 0. The Bertz CT molecular complexity index is 555. The van der Waals surface area contributed by atoms with Gasteiger partial charge >= 0.3 is 0 Å². The molecule has 0 saturated heterocycles. The third-order valence-corrected chi connectivity index (χ3v) is 3.02. The van der Waals surface area contributed by atoms with Crippen molar-refractivity contribution in [2.24, 2.45) is 0 Å². The van der Waals surface area contributed by atoms with Crippen LogP contribution in [0.1, 0.15) is 32.6 Å². The zero-order valence-electron chi connectivity index (χ0n) is 15.5. The zero-order chi connectivity index (χ0) is 18.3. The monoisotopic (exact) mass is 332 g/mol. The second-order valence-corrected chi connectivity index (χ2v) is 5.24. The Morgan fingerprint density at radius 1 is 0.480 bits per heavy atom. The summed E-state index contributed by atoms with van der Waals surface area (Å²) in [6, 6.07) is 0. The average molecular weight is 333 g/mol. The highest BCUT2D eigenvalue weighted by Crippen LogP contribution is 1.99. The van der Waals surface area contributed by atoms with E-state index >= 15 is 0 Å². The third-order valence-electron chi connectivity index (χ3n) is 3.02. The number of allylic oxidation sites excluding steroid dienone is 19. The summed E-state index contributed by atoms with van der Waals surface area (Å²) in [6.45, 7) is 5.84. The first-order chi connectivity index (χ1) is 12.4. The molecule has 0 rings (SSSR count). The van der Waals surface area contributed by atoms with Gasteiger partial charge in [0, 0.05) is 0 Å². The molecule has 0 aromatic carbocycles. The topological polar surface area (TPSA) is 0 Å². The van der Waals surface area contributed by atoms with Crippen LogP contribution in [0.5, 0.6) is 0 Å². The molecule has 0 aliphatic rings. The third kappa shape index (κ3) is 21.4. The minimum atomic E-state index is 1.18. The lowest BCUT2D eigenvalue weighted by molar-refractivity contribution is 0.729. The van der Waals surface area contributed by atoms with Crippen molar-refractivity contribution in [3.05, 3.63) is 122 Å². The first-order valence-corrected chi connectivity index (χ1v) is 9.02. The molecule has 25 heavy (non-hydrogen) atoms. The van der Waals surface area contributed by atoms with E-state index in [1.807, 2.05) is 91.1 Å². The summed E-state index contributed by atoms with van der Waals surface area (Å²) in [7, 11) is 0. The highest BCUT2D eigenvalue weighted by molar-refractivity contribution is 5.22. The molecule has 0 aliphatic heterocycles. The van der Waals surface area contributed by atoms with Crippen LogP contribution >= 0.6 is 0 Å². The van der Waals surface area contributed by atoms with Gasteiger partial charge in [-0.05, 0) is 12.8 Å². The second kappa shape index (κ2) is 21.4. The van der Waals surface area contributed by atoms with Crippen LogP contribution in [0.2, 0.25) is 0 Å². The Hall–Kier alpha value is -2.60. The van der Waals surface area contributed by atoms with Gasteiger partial charge in [0.1, 0.15) is 0 Å². The maximum Gasteiger partial charge on any atom is -0.0348 e. The highest BCUT2D eigenvalue weighted by atomic mass is 13.9. The molecule has 0 heteroatoms. The Balaban J connectivity index is 3.81. The molecule has 0 unspecified atom stereocenters. The first-order valence-electron chi connectivity index (χ1n) is 9.02. The molecule has 0 aliphatic carbocycles. The van der Waals surface area contributed by atoms with Crippen LogP contribution in [0.3, 0.4) is 0 Å². The molecule has 0 heterocycles. The van der Waals surface area contributed by atoms with Crippen molar-refractivity contribution >= 4 is 0 Å². The Labute approximate surface area is 155 Å². The van der Waals surface area contributed by atoms with Crippen molar-refractivity contribution < 1.29 is 0 Å². The van der Waals surface area contributed by atoms with E-state index in [0.717, 1.165) is 0 Å². The summed E-state index contributed by atoms with van der Waals surface area (Å²) in [6.07, 6.45) is 43.2. The van der Waals surface area contributed by atoms with Gasteiger partial charge in [-0.3, -0.25) is 0 Å². The van der Waals surface area contributed by atoms with E-state index in [1.165, 1.54) is 25.7 Å². The van der Waals surface area contributed by atoms with Gasteiger partial charge < -0.3 is 0 Å². The van der Waals surface area contributed by atoms with Crippen molar-refractivity contribution in [3.8, 4) is 0 Å². The Kier molecular flexibility index (Phi) is 19.2. The smallest absolute Gasteiger partial charge is 0.0348 e. The minimum absolute atomic E-state index is 1.18. The molecule has 0 radical (unpaired) electrons. The van der Waals surface area contributed by atoms with Gasteiger partial charge in [-0.25, -0.2) is 0 Å². The normalized spacial score (nSPS) is 14.0. The van der Waals surface area contributed by atoms with E-state index in [0.29, 0.717) is 0 Å². The molecule has 0 fully saturated rings. The fraction of sp³-hybridized carbons (Fsp3) is 0.200. The average Bonchev–Trinajstić information content (AvgIpc) is 2.63. The van der Waals surface area contributed by atoms with E-state index in [9.17, 15) is 0 Å². The van der Waals surface area contributed by atoms with Crippen molar-refractivity contribution in [2.75, 3.05) is 0 Å². The lowest BCUT2D eigenvalue weighted by Gasteiger charge is -1.89. The molecular formula is C25H32. The number of hydrogen-bond acceptors (Lipinski definition) is 0. The predicted octanol–water partition coefficient (Wildman–Crippen LogP) is 7.76. The van der Waals surface area contributed by atoms with Gasteiger partial charge in [0.15, 0.2) is 0 Å². The number of hydrogen-bond donors (Lipinski definition) is 0. The van der Waals surface area contributed by atoms with E-state index in [-0.39, 0.29) is 0 Å². The van der Waals surface area contributed by atoms with Crippen molar-refractivity contribution in [2.45, 2.75) is 32.6 Å². The molecule has 0 aromatic rings. The standard InChI is InChI=1S/C25H32/c1-3-5-7-9-11-13-15-17-19-21-23-25-24-22-20-18-16-14-12-10-8-6-4-2/h3,5,7,9,11-25H,1,4,6,8,10H2,2H3/b7-5+,11-9+,14-12+,15-13+,18-16+,19-17+,22-20+,23-21+,25-24+. The van der Waals surface area contributed by atoms with Crippen molar-refractivity contribution in [3.63, 3.8) is 0 Å². The van der Waals surface area contributed by atoms with Gasteiger partial charge in [-0.2, -0.15) is 0 Å². The number of unbranched alkanes of at least 4 members (excludes halogenated alkanes) is 3. The quantitative estimate of drug-likeness (QED) is 0.239. The van der Waals surface area contributed by atoms with Gasteiger partial charge in [0.25, 0.3) is 0 Å². The molecule has 0 atom stereocenters. The fourth-order valence-corrected chi connectivity index (χ4v) is 1.73. The van der Waals surface area contributed by atoms with E-state index in [4.69, 9.17) is 0 Å². The molecule has 0 saturated carbocycles. The molecule has 0 nitrogen and oxygen atoms in total. The van der Waals surface area contributed by atoms with Gasteiger partial charge in [0.05, 0.1) is 0 Å². The molecule has 0 N–H and O–H groups in total. The summed E-state index contributed by atoms with van der Waals surface area (Å²) < 4.78 is 0. The van der Waals surface area contributed by atoms with Gasteiger partial charge in [-0.15, -0.1) is 0 Å².